The molecule has 0 saturated carbocycles. The number of hydrogen-bond donors (Lipinski definition) is 2. The van der Waals surface area contributed by atoms with Crippen molar-refractivity contribution in [2.24, 2.45) is 10.9 Å². The molecule has 0 amide bonds. The molecule has 16 heavy (non-hydrogen) atoms. The molecule has 1 aromatic carbocycles. The molecule has 0 heterocycles. The van der Waals surface area contributed by atoms with Crippen LogP contribution in [-0.2, 0) is 0 Å². The van der Waals surface area contributed by atoms with E-state index in [1.54, 1.807) is 18.2 Å². The lowest BCUT2D eigenvalue weighted by Gasteiger charge is -2.13. The van der Waals surface area contributed by atoms with Gasteiger partial charge in [-0.25, -0.2) is 4.39 Å². The van der Waals surface area contributed by atoms with Crippen LogP contribution in [0.3, 0.4) is 0 Å². The Bertz CT molecular complexity index is 371. The second-order valence-electron chi connectivity index (χ2n) is 3.37. The summed E-state index contributed by atoms with van der Waals surface area (Å²) in [6.07, 6.45) is 1.28. The molecule has 1 unspecified atom stereocenters. The number of hydrogen-bond acceptors (Lipinski definition) is 3. The van der Waals surface area contributed by atoms with Gasteiger partial charge in [0.2, 0.25) is 0 Å². The van der Waals surface area contributed by atoms with Crippen molar-refractivity contribution in [3.63, 3.8) is 0 Å². The summed E-state index contributed by atoms with van der Waals surface area (Å²) in [5.41, 5.74) is 5.43. The number of nitrogens with zero attached hydrogens (tertiary/aromatic N) is 1. The van der Waals surface area contributed by atoms with Crippen molar-refractivity contribution >= 4 is 17.6 Å². The molecule has 3 N–H and O–H groups in total. The normalized spacial score (nSPS) is 13.8. The zero-order chi connectivity index (χ0) is 12.0. The molecular formula is C11H15FN2OS. The monoisotopic (exact) mass is 242 g/mol. The van der Waals surface area contributed by atoms with Gasteiger partial charge in [-0.2, -0.15) is 0 Å². The third kappa shape index (κ3) is 3.73. The largest absolute Gasteiger partial charge is 0.409 e. The first kappa shape index (κ1) is 12.8. The van der Waals surface area contributed by atoms with Crippen LogP contribution < -0.4 is 5.73 Å². The van der Waals surface area contributed by atoms with Crippen molar-refractivity contribution in [1.82, 2.24) is 0 Å². The molecule has 5 heteroatoms. The second-order valence-corrected chi connectivity index (χ2v) is 4.72. The quantitative estimate of drug-likeness (QED) is 0.274. The fourth-order valence-corrected chi connectivity index (χ4v) is 2.38. The third-order valence-corrected chi connectivity index (χ3v) is 3.57. The van der Waals surface area contributed by atoms with Crippen molar-refractivity contribution in [2.75, 3.05) is 0 Å². The van der Waals surface area contributed by atoms with E-state index in [9.17, 15) is 4.39 Å². The lowest BCUT2D eigenvalue weighted by Crippen LogP contribution is -2.18. The third-order valence-electron chi connectivity index (χ3n) is 2.15. The predicted octanol–water partition coefficient (Wildman–Crippen LogP) is 2.83. The highest BCUT2D eigenvalue weighted by atomic mass is 32.2. The van der Waals surface area contributed by atoms with Gasteiger partial charge >= 0.3 is 0 Å². The number of thioether (sulfide) groups is 1. The number of benzene rings is 1. The number of halogens is 1. The van der Waals surface area contributed by atoms with Crippen molar-refractivity contribution in [2.45, 2.75) is 29.9 Å². The van der Waals surface area contributed by atoms with E-state index in [-0.39, 0.29) is 16.9 Å². The van der Waals surface area contributed by atoms with E-state index >= 15 is 0 Å². The maximum absolute atomic E-state index is 13.4. The lowest BCUT2D eigenvalue weighted by atomic mass is 10.2. The van der Waals surface area contributed by atoms with Gasteiger partial charge in [-0.05, 0) is 18.6 Å². The number of rotatable bonds is 5. The smallest absolute Gasteiger partial charge is 0.140 e. The van der Waals surface area contributed by atoms with Crippen LogP contribution in [0.5, 0.6) is 0 Å². The Hall–Kier alpha value is -1.23. The maximum atomic E-state index is 13.4. The van der Waals surface area contributed by atoms with Crippen LogP contribution in [0.4, 0.5) is 4.39 Å². The van der Waals surface area contributed by atoms with Gasteiger partial charge in [0.15, 0.2) is 0 Å². The summed E-state index contributed by atoms with van der Waals surface area (Å²) in [6.45, 7) is 1.99. The standard InChI is InChI=1S/C11H15FN2OS/c1-2-8(7-11(13)14-15)16-10-6-4-3-5-9(10)12/h3-6,8,15H,2,7H2,1H3,(H2,13,14). The molecule has 0 aliphatic carbocycles. The molecule has 0 bridgehead atoms. The summed E-state index contributed by atoms with van der Waals surface area (Å²) in [4.78, 5) is 0.597. The van der Waals surface area contributed by atoms with E-state index in [2.05, 4.69) is 5.16 Å². The number of nitrogens with two attached hydrogens (primary N) is 1. The Morgan fingerprint density at radius 3 is 2.81 bits per heavy atom. The van der Waals surface area contributed by atoms with Crippen LogP contribution in [0.25, 0.3) is 0 Å². The fraction of sp³-hybridized carbons (Fsp3) is 0.364. The van der Waals surface area contributed by atoms with E-state index in [1.165, 1.54) is 17.8 Å². The topological polar surface area (TPSA) is 58.6 Å². The van der Waals surface area contributed by atoms with Crippen molar-refractivity contribution in [3.05, 3.63) is 30.1 Å². The molecule has 0 aromatic heterocycles. The Morgan fingerprint density at radius 1 is 1.56 bits per heavy atom. The molecular weight excluding hydrogens is 227 g/mol. The van der Waals surface area contributed by atoms with Gasteiger partial charge in [-0.1, -0.05) is 24.2 Å². The first-order valence-corrected chi connectivity index (χ1v) is 5.93. The molecule has 0 saturated heterocycles. The Labute approximate surface area is 98.5 Å². The van der Waals surface area contributed by atoms with Crippen LogP contribution in [0.15, 0.2) is 34.3 Å². The highest BCUT2D eigenvalue weighted by molar-refractivity contribution is 8.00. The Kier molecular flexibility index (Phi) is 5.11. The van der Waals surface area contributed by atoms with E-state index in [1.807, 2.05) is 6.92 Å². The zero-order valence-electron chi connectivity index (χ0n) is 9.06. The molecule has 0 fully saturated rings. The summed E-state index contributed by atoms with van der Waals surface area (Å²) in [5.74, 6) is -0.0545. The van der Waals surface area contributed by atoms with Crippen LogP contribution >= 0.6 is 11.8 Å². The minimum absolute atomic E-state index is 0.118. The fourth-order valence-electron chi connectivity index (χ4n) is 1.26. The number of oxime groups is 1. The van der Waals surface area contributed by atoms with Crippen LogP contribution in [0.1, 0.15) is 19.8 Å². The minimum Gasteiger partial charge on any atom is -0.409 e. The van der Waals surface area contributed by atoms with Gasteiger partial charge in [0, 0.05) is 16.6 Å². The average Bonchev–Trinajstić information content (AvgIpc) is 2.30. The lowest BCUT2D eigenvalue weighted by molar-refractivity contribution is 0.316. The summed E-state index contributed by atoms with van der Waals surface area (Å²) < 4.78 is 13.4. The van der Waals surface area contributed by atoms with E-state index in [0.717, 1.165) is 6.42 Å². The zero-order valence-corrected chi connectivity index (χ0v) is 9.88. The molecule has 0 radical (unpaired) electrons. The molecule has 0 spiro atoms. The minimum atomic E-state index is -0.231. The number of amidine groups is 1. The van der Waals surface area contributed by atoms with E-state index < -0.39 is 0 Å². The first-order chi connectivity index (χ1) is 7.67. The molecule has 1 aromatic rings. The highest BCUT2D eigenvalue weighted by Gasteiger charge is 2.12. The predicted molar refractivity (Wildman–Crippen MR) is 64.4 cm³/mol. The van der Waals surface area contributed by atoms with Gasteiger partial charge in [-0.3, -0.25) is 0 Å². The van der Waals surface area contributed by atoms with Crippen molar-refractivity contribution < 1.29 is 9.60 Å². The summed E-state index contributed by atoms with van der Waals surface area (Å²) >= 11 is 1.41. The van der Waals surface area contributed by atoms with E-state index in [4.69, 9.17) is 10.9 Å². The van der Waals surface area contributed by atoms with Crippen LogP contribution in [0, 0.1) is 5.82 Å². The second kappa shape index (κ2) is 6.37. The van der Waals surface area contributed by atoms with Gasteiger partial charge < -0.3 is 10.9 Å². The van der Waals surface area contributed by atoms with Crippen LogP contribution in [0.2, 0.25) is 0 Å². The van der Waals surface area contributed by atoms with Gasteiger partial charge in [0.05, 0.1) is 0 Å². The Morgan fingerprint density at radius 2 is 2.25 bits per heavy atom. The SMILES string of the molecule is CCC(C/C(N)=N/O)Sc1ccccc1F. The Balaban J connectivity index is 2.67. The van der Waals surface area contributed by atoms with Gasteiger partial charge in [0.1, 0.15) is 11.7 Å². The van der Waals surface area contributed by atoms with Crippen LogP contribution in [-0.4, -0.2) is 16.3 Å². The molecule has 88 valence electrons. The summed E-state index contributed by atoms with van der Waals surface area (Å²) in [5, 5.41) is 11.5. The first-order valence-electron chi connectivity index (χ1n) is 5.05. The highest BCUT2D eigenvalue weighted by Crippen LogP contribution is 2.29. The van der Waals surface area contributed by atoms with Crippen molar-refractivity contribution in [1.29, 1.82) is 0 Å². The molecule has 0 aliphatic rings. The summed E-state index contributed by atoms with van der Waals surface area (Å²) in [7, 11) is 0. The summed E-state index contributed by atoms with van der Waals surface area (Å²) in [6, 6.07) is 6.61. The molecule has 1 rings (SSSR count). The molecule has 1 atom stereocenters. The van der Waals surface area contributed by atoms with Gasteiger partial charge in [0.25, 0.3) is 0 Å². The maximum Gasteiger partial charge on any atom is 0.140 e. The van der Waals surface area contributed by atoms with Gasteiger partial charge in [-0.15, -0.1) is 11.8 Å². The van der Waals surface area contributed by atoms with Crippen molar-refractivity contribution in [3.8, 4) is 0 Å². The molecule has 0 aliphatic heterocycles. The molecule has 3 nitrogen and oxygen atoms in total. The average molecular weight is 242 g/mol. The van der Waals surface area contributed by atoms with E-state index in [0.29, 0.717) is 11.3 Å².